The van der Waals surface area contributed by atoms with E-state index in [0.717, 1.165) is 60.5 Å². The van der Waals surface area contributed by atoms with Gasteiger partial charge in [-0.2, -0.15) is 0 Å². The molecule has 2 aromatic heterocycles. The molecule has 8 heteroatoms. The average molecular weight is 523 g/mol. The van der Waals surface area contributed by atoms with E-state index in [2.05, 4.69) is 43.7 Å². The smallest absolute Gasteiger partial charge is 0.246 e. The summed E-state index contributed by atoms with van der Waals surface area (Å²) < 4.78 is 2.06. The number of likely N-dealkylation sites (tertiary alicyclic amines) is 1. The fourth-order valence-electron chi connectivity index (χ4n) is 6.91. The van der Waals surface area contributed by atoms with E-state index in [1.807, 2.05) is 59.6 Å². The van der Waals surface area contributed by atoms with Gasteiger partial charge >= 0.3 is 0 Å². The van der Waals surface area contributed by atoms with E-state index < -0.39 is 6.04 Å². The van der Waals surface area contributed by atoms with Crippen molar-refractivity contribution in [1.82, 2.24) is 29.2 Å². The number of nitrogens with zero attached hydrogens (tertiary/aromatic N) is 5. The maximum Gasteiger partial charge on any atom is 0.246 e. The normalized spacial score (nSPS) is 22.4. The Labute approximate surface area is 228 Å². The van der Waals surface area contributed by atoms with E-state index in [4.69, 9.17) is 0 Å². The minimum atomic E-state index is -0.461. The first-order valence-corrected chi connectivity index (χ1v) is 14.0. The SMILES string of the molecule is Cn1ccnc1CN1CCC(N2CC(=O)N3[C@H](Cc4c([nH]c5ccccc45)[C@@H]3Cc3ccccc3)C2=O)CC1. The van der Waals surface area contributed by atoms with Gasteiger partial charge < -0.3 is 19.4 Å². The zero-order valence-corrected chi connectivity index (χ0v) is 22.3. The third-order valence-electron chi connectivity index (χ3n) is 8.97. The predicted octanol–water partition coefficient (Wildman–Crippen LogP) is 3.45. The summed E-state index contributed by atoms with van der Waals surface area (Å²) in [5.41, 5.74) is 4.49. The number of piperidine rings is 1. The topological polar surface area (TPSA) is 77.5 Å². The van der Waals surface area contributed by atoms with Crippen LogP contribution in [0.1, 0.15) is 41.5 Å². The Balaban J connectivity index is 1.15. The Morgan fingerprint density at radius 3 is 2.54 bits per heavy atom. The molecule has 2 aromatic carbocycles. The van der Waals surface area contributed by atoms with Crippen molar-refractivity contribution >= 4 is 22.7 Å². The molecular weight excluding hydrogens is 488 g/mol. The molecule has 1 N–H and O–H groups in total. The number of para-hydroxylation sites is 1. The molecule has 4 aromatic rings. The lowest BCUT2D eigenvalue weighted by Crippen LogP contribution is -2.65. The van der Waals surface area contributed by atoms with Crippen molar-refractivity contribution in [3.63, 3.8) is 0 Å². The third-order valence-corrected chi connectivity index (χ3v) is 8.97. The van der Waals surface area contributed by atoms with Crippen molar-refractivity contribution in [2.45, 2.75) is 50.4 Å². The molecule has 8 nitrogen and oxygen atoms in total. The third kappa shape index (κ3) is 4.23. The number of amides is 2. The summed E-state index contributed by atoms with van der Waals surface area (Å²) in [7, 11) is 2.02. The number of hydrogen-bond donors (Lipinski definition) is 1. The lowest BCUT2D eigenvalue weighted by molar-refractivity contribution is -0.162. The Morgan fingerprint density at radius 1 is 1.00 bits per heavy atom. The molecule has 3 aliphatic rings. The molecule has 0 aliphatic carbocycles. The molecule has 200 valence electrons. The molecule has 2 amide bonds. The maximum atomic E-state index is 14.1. The van der Waals surface area contributed by atoms with Gasteiger partial charge in [-0.3, -0.25) is 14.5 Å². The summed E-state index contributed by atoms with van der Waals surface area (Å²) in [6.07, 6.45) is 6.80. The largest absolute Gasteiger partial charge is 0.356 e. The Bertz CT molecular complexity index is 1520. The number of nitrogens with one attached hydrogen (secondary N) is 1. The molecule has 2 saturated heterocycles. The van der Waals surface area contributed by atoms with Crippen LogP contribution in [0, 0.1) is 0 Å². The fraction of sp³-hybridized carbons (Fsp3) is 0.387. The summed E-state index contributed by atoms with van der Waals surface area (Å²) in [6.45, 7) is 2.77. The molecule has 0 spiro atoms. The number of H-pyrrole nitrogens is 1. The van der Waals surface area contributed by atoms with Crippen LogP contribution in [0.25, 0.3) is 10.9 Å². The Kier molecular flexibility index (Phi) is 6.00. The zero-order chi connectivity index (χ0) is 26.5. The highest BCUT2D eigenvalue weighted by atomic mass is 16.2. The number of imidazole rings is 1. The van der Waals surface area contributed by atoms with Gasteiger partial charge in [0, 0.05) is 61.6 Å². The number of aromatic nitrogens is 3. The van der Waals surface area contributed by atoms with Crippen molar-refractivity contribution in [3.8, 4) is 0 Å². The lowest BCUT2D eigenvalue weighted by Gasteiger charge is -2.49. The monoisotopic (exact) mass is 522 g/mol. The zero-order valence-electron chi connectivity index (χ0n) is 22.3. The first-order chi connectivity index (χ1) is 19.1. The lowest BCUT2D eigenvalue weighted by atomic mass is 9.86. The molecule has 0 unspecified atom stereocenters. The van der Waals surface area contributed by atoms with Gasteiger partial charge in [0.1, 0.15) is 18.4 Å². The maximum absolute atomic E-state index is 14.1. The number of aromatic amines is 1. The van der Waals surface area contributed by atoms with Gasteiger partial charge in [0.2, 0.25) is 11.8 Å². The average Bonchev–Trinajstić information content (AvgIpc) is 3.54. The first-order valence-electron chi connectivity index (χ1n) is 14.0. The van der Waals surface area contributed by atoms with Crippen LogP contribution in [0.5, 0.6) is 0 Å². The van der Waals surface area contributed by atoms with Crippen LogP contribution in [-0.2, 0) is 36.0 Å². The minimum Gasteiger partial charge on any atom is -0.356 e. The molecule has 7 rings (SSSR count). The minimum absolute atomic E-state index is 0.0558. The number of aryl methyl sites for hydroxylation is 1. The van der Waals surface area contributed by atoms with Gasteiger partial charge in [-0.25, -0.2) is 4.98 Å². The van der Waals surface area contributed by atoms with Crippen LogP contribution in [0.15, 0.2) is 67.0 Å². The molecule has 39 heavy (non-hydrogen) atoms. The Morgan fingerprint density at radius 2 is 1.77 bits per heavy atom. The molecule has 3 aliphatic heterocycles. The molecule has 2 fully saturated rings. The van der Waals surface area contributed by atoms with E-state index in [9.17, 15) is 9.59 Å². The van der Waals surface area contributed by atoms with Crippen LogP contribution in [0.2, 0.25) is 0 Å². The molecule has 0 bridgehead atoms. The second kappa shape index (κ2) is 9.68. The van der Waals surface area contributed by atoms with Gasteiger partial charge in [-0.05, 0) is 36.5 Å². The van der Waals surface area contributed by atoms with Crippen molar-refractivity contribution in [2.24, 2.45) is 7.05 Å². The van der Waals surface area contributed by atoms with Gasteiger partial charge in [0.15, 0.2) is 0 Å². The van der Waals surface area contributed by atoms with E-state index in [-0.39, 0.29) is 30.4 Å². The fourth-order valence-corrected chi connectivity index (χ4v) is 6.91. The summed E-state index contributed by atoms with van der Waals surface area (Å²) in [4.78, 5) is 42.3. The summed E-state index contributed by atoms with van der Waals surface area (Å²) in [6, 6.07) is 18.0. The molecule has 0 radical (unpaired) electrons. The van der Waals surface area contributed by atoms with Crippen molar-refractivity contribution in [1.29, 1.82) is 0 Å². The predicted molar refractivity (Wildman–Crippen MR) is 149 cm³/mol. The number of carbonyl (C=O) groups excluding carboxylic acids is 2. The first kappa shape index (κ1) is 24.2. The molecule has 5 heterocycles. The standard InChI is InChI=1S/C31H34N6O2/c1-34-16-13-32-28(34)19-35-14-11-22(12-15-35)36-20-29(38)37-26(17-21-7-3-2-4-8-21)30-24(18-27(37)31(36)39)23-9-5-6-10-25(23)33-30/h2-10,13,16,22,26-27,33H,11-12,14-15,17-20H2,1H3/t26-,27+/m0/s1. The Hall–Kier alpha value is -3.91. The van der Waals surface area contributed by atoms with Crippen molar-refractivity contribution < 1.29 is 9.59 Å². The summed E-state index contributed by atoms with van der Waals surface area (Å²) in [5, 5.41) is 1.16. The quantitative estimate of drug-likeness (QED) is 0.436. The van der Waals surface area contributed by atoms with Gasteiger partial charge in [0.05, 0.1) is 12.6 Å². The number of hydrogen-bond acceptors (Lipinski definition) is 4. The van der Waals surface area contributed by atoms with E-state index in [0.29, 0.717) is 12.8 Å². The molecule has 2 atom stereocenters. The van der Waals surface area contributed by atoms with Gasteiger partial charge in [-0.1, -0.05) is 48.5 Å². The van der Waals surface area contributed by atoms with Crippen LogP contribution in [-0.4, -0.2) is 72.8 Å². The van der Waals surface area contributed by atoms with Crippen LogP contribution >= 0.6 is 0 Å². The van der Waals surface area contributed by atoms with Crippen molar-refractivity contribution in [3.05, 3.63) is 89.6 Å². The number of benzene rings is 2. The highest BCUT2D eigenvalue weighted by molar-refractivity contribution is 5.97. The van der Waals surface area contributed by atoms with Crippen LogP contribution in [0.4, 0.5) is 0 Å². The summed E-state index contributed by atoms with van der Waals surface area (Å²) in [5.74, 6) is 1.21. The molecule has 0 saturated carbocycles. The number of fused-ring (bicyclic) bond motifs is 4. The molecular formula is C31H34N6O2. The van der Waals surface area contributed by atoms with Crippen LogP contribution in [0.3, 0.4) is 0 Å². The van der Waals surface area contributed by atoms with Gasteiger partial charge in [0.25, 0.3) is 0 Å². The number of rotatable bonds is 5. The highest BCUT2D eigenvalue weighted by Crippen LogP contribution is 2.41. The van der Waals surface area contributed by atoms with E-state index in [1.165, 1.54) is 5.56 Å². The second-order valence-corrected chi connectivity index (χ2v) is 11.2. The van der Waals surface area contributed by atoms with E-state index >= 15 is 0 Å². The number of piperazine rings is 1. The summed E-state index contributed by atoms with van der Waals surface area (Å²) >= 11 is 0. The number of carbonyl (C=O) groups is 2. The van der Waals surface area contributed by atoms with Crippen molar-refractivity contribution in [2.75, 3.05) is 19.6 Å². The van der Waals surface area contributed by atoms with Crippen LogP contribution < -0.4 is 0 Å². The van der Waals surface area contributed by atoms with E-state index in [1.54, 1.807) is 0 Å². The van der Waals surface area contributed by atoms with Gasteiger partial charge in [-0.15, -0.1) is 0 Å². The second-order valence-electron chi connectivity index (χ2n) is 11.2. The highest BCUT2D eigenvalue weighted by Gasteiger charge is 2.49.